The normalized spacial score (nSPS) is 19.9. The first kappa shape index (κ1) is 29.9. The van der Waals surface area contributed by atoms with Crippen LogP contribution in [0, 0.1) is 6.92 Å². The zero-order valence-corrected chi connectivity index (χ0v) is 24.6. The third kappa shape index (κ3) is 7.65. The fourth-order valence-corrected chi connectivity index (χ4v) is 5.82. The van der Waals surface area contributed by atoms with E-state index in [0.29, 0.717) is 62.7 Å². The quantitative estimate of drug-likeness (QED) is 0.473. The molecule has 226 valence electrons. The van der Waals surface area contributed by atoms with Crippen LogP contribution in [0.5, 0.6) is 0 Å². The Balaban J connectivity index is 1.40. The van der Waals surface area contributed by atoms with Gasteiger partial charge in [0.2, 0.25) is 17.7 Å². The van der Waals surface area contributed by atoms with Gasteiger partial charge in [0.1, 0.15) is 17.7 Å². The summed E-state index contributed by atoms with van der Waals surface area (Å²) in [5.41, 5.74) is 1.51. The number of fused-ring (bicyclic) bond motifs is 2. The Morgan fingerprint density at radius 3 is 2.44 bits per heavy atom. The summed E-state index contributed by atoms with van der Waals surface area (Å²) in [6.45, 7) is 3.17. The van der Waals surface area contributed by atoms with Crippen molar-refractivity contribution < 1.29 is 19.2 Å². The molecule has 0 saturated carbocycles. The molecule has 11 nitrogen and oxygen atoms in total. The number of amides is 4. The predicted molar refractivity (Wildman–Crippen MR) is 160 cm³/mol. The Labute approximate surface area is 251 Å². The molecule has 2 aromatic carbocycles. The van der Waals surface area contributed by atoms with Gasteiger partial charge < -0.3 is 20.4 Å². The van der Waals surface area contributed by atoms with E-state index in [0.717, 1.165) is 18.4 Å². The summed E-state index contributed by atoms with van der Waals surface area (Å²) in [6, 6.07) is 17.6. The lowest BCUT2D eigenvalue weighted by Gasteiger charge is -2.36. The number of nitrogens with zero attached hydrogens (tertiary/aromatic N) is 5. The highest BCUT2D eigenvalue weighted by Crippen LogP contribution is 2.23. The van der Waals surface area contributed by atoms with Crippen LogP contribution in [0.15, 0.2) is 60.7 Å². The van der Waals surface area contributed by atoms with Crippen molar-refractivity contribution in [2.24, 2.45) is 0 Å². The molecule has 2 aliphatic rings. The molecule has 0 spiro atoms. The molecule has 0 radical (unpaired) electrons. The minimum absolute atomic E-state index is 0.0830. The summed E-state index contributed by atoms with van der Waals surface area (Å²) in [6.07, 6.45) is 3.50. The molecule has 1 fully saturated rings. The van der Waals surface area contributed by atoms with Crippen molar-refractivity contribution in [1.82, 2.24) is 35.2 Å². The Bertz CT molecular complexity index is 1430. The van der Waals surface area contributed by atoms with Crippen LogP contribution in [0.25, 0.3) is 0 Å². The highest BCUT2D eigenvalue weighted by atomic mass is 16.2. The number of carbonyl (C=O) groups excluding carboxylic acids is 4. The largest absolute Gasteiger partial charge is 0.344 e. The molecule has 1 saturated heterocycles. The molecule has 43 heavy (non-hydrogen) atoms. The molecule has 2 atom stereocenters. The van der Waals surface area contributed by atoms with Crippen molar-refractivity contribution >= 4 is 23.6 Å². The van der Waals surface area contributed by atoms with Gasteiger partial charge in [0, 0.05) is 31.6 Å². The van der Waals surface area contributed by atoms with E-state index in [2.05, 4.69) is 15.7 Å². The van der Waals surface area contributed by atoms with Gasteiger partial charge in [0.05, 0.1) is 19.1 Å². The molecular weight excluding hydrogens is 546 g/mol. The van der Waals surface area contributed by atoms with Crippen LogP contribution in [0.1, 0.15) is 65.7 Å². The maximum absolute atomic E-state index is 13.7. The minimum atomic E-state index is -0.550. The van der Waals surface area contributed by atoms with Crippen LogP contribution in [-0.2, 0) is 27.3 Å². The number of aryl methyl sites for hydroxylation is 1. The SMILES string of the molecule is Cc1nc2n(n1)CCN(C(=O)CNC(=O)c1ccccc1)CCCC(=O)N1CCCC[C@H]1C(=O)N[C@@H]2Cc1ccccc1. The van der Waals surface area contributed by atoms with Crippen LogP contribution < -0.4 is 10.6 Å². The third-order valence-corrected chi connectivity index (χ3v) is 8.03. The number of aromatic nitrogens is 3. The zero-order valence-electron chi connectivity index (χ0n) is 24.6. The Morgan fingerprint density at radius 1 is 0.930 bits per heavy atom. The van der Waals surface area contributed by atoms with Crippen molar-refractivity contribution in [2.45, 2.75) is 64.1 Å². The first-order chi connectivity index (χ1) is 20.9. The van der Waals surface area contributed by atoms with Gasteiger partial charge in [0.15, 0.2) is 0 Å². The molecule has 3 heterocycles. The number of hydrogen-bond donors (Lipinski definition) is 2. The van der Waals surface area contributed by atoms with Crippen LogP contribution >= 0.6 is 0 Å². The van der Waals surface area contributed by atoms with Crippen molar-refractivity contribution in [3.05, 3.63) is 83.4 Å². The van der Waals surface area contributed by atoms with E-state index in [-0.39, 0.29) is 36.6 Å². The molecule has 0 aliphatic carbocycles. The maximum Gasteiger partial charge on any atom is 0.251 e. The smallest absolute Gasteiger partial charge is 0.251 e. The lowest BCUT2D eigenvalue weighted by Crippen LogP contribution is -2.53. The number of hydrogen-bond acceptors (Lipinski definition) is 6. The number of rotatable bonds is 5. The third-order valence-electron chi connectivity index (χ3n) is 8.03. The molecule has 2 N–H and O–H groups in total. The summed E-state index contributed by atoms with van der Waals surface area (Å²) in [4.78, 5) is 61.1. The van der Waals surface area contributed by atoms with Crippen molar-refractivity contribution in [3.63, 3.8) is 0 Å². The number of benzene rings is 2. The Kier molecular flexibility index (Phi) is 9.81. The van der Waals surface area contributed by atoms with Gasteiger partial charge in [-0.25, -0.2) is 9.67 Å². The second-order valence-electron chi connectivity index (χ2n) is 11.1. The molecule has 1 aromatic heterocycles. The first-order valence-corrected chi connectivity index (χ1v) is 15.0. The van der Waals surface area contributed by atoms with Crippen LogP contribution in [0.3, 0.4) is 0 Å². The molecule has 3 aromatic rings. The highest BCUT2D eigenvalue weighted by molar-refractivity contribution is 5.96. The summed E-state index contributed by atoms with van der Waals surface area (Å²) in [7, 11) is 0. The summed E-state index contributed by atoms with van der Waals surface area (Å²) >= 11 is 0. The fourth-order valence-electron chi connectivity index (χ4n) is 5.82. The number of carbonyl (C=O) groups is 4. The molecule has 5 rings (SSSR count). The minimum Gasteiger partial charge on any atom is -0.344 e. The van der Waals surface area contributed by atoms with Gasteiger partial charge in [-0.3, -0.25) is 19.2 Å². The topological polar surface area (TPSA) is 130 Å². The van der Waals surface area contributed by atoms with E-state index >= 15 is 0 Å². The fraction of sp³-hybridized carbons (Fsp3) is 0.438. The number of piperidine rings is 1. The Morgan fingerprint density at radius 2 is 1.67 bits per heavy atom. The van der Waals surface area contributed by atoms with E-state index < -0.39 is 12.1 Å². The molecule has 2 aliphatic heterocycles. The monoisotopic (exact) mass is 585 g/mol. The van der Waals surface area contributed by atoms with Crippen molar-refractivity contribution in [2.75, 3.05) is 26.2 Å². The second-order valence-corrected chi connectivity index (χ2v) is 11.1. The van der Waals surface area contributed by atoms with Gasteiger partial charge in [0.25, 0.3) is 5.91 Å². The van der Waals surface area contributed by atoms with E-state index in [4.69, 9.17) is 4.98 Å². The summed E-state index contributed by atoms with van der Waals surface area (Å²) < 4.78 is 1.77. The van der Waals surface area contributed by atoms with E-state index in [1.54, 1.807) is 45.7 Å². The lowest BCUT2D eigenvalue weighted by molar-refractivity contribution is -0.143. The van der Waals surface area contributed by atoms with E-state index in [1.165, 1.54) is 0 Å². The Hall–Kier alpha value is -4.54. The summed E-state index contributed by atoms with van der Waals surface area (Å²) in [5, 5.41) is 10.5. The van der Waals surface area contributed by atoms with Crippen molar-refractivity contribution in [3.8, 4) is 0 Å². The highest BCUT2D eigenvalue weighted by Gasteiger charge is 2.34. The molecule has 11 heteroatoms. The van der Waals surface area contributed by atoms with Gasteiger partial charge in [-0.1, -0.05) is 48.5 Å². The van der Waals surface area contributed by atoms with Crippen LogP contribution in [0.4, 0.5) is 0 Å². The van der Waals surface area contributed by atoms with Gasteiger partial charge in [-0.05, 0) is 56.7 Å². The van der Waals surface area contributed by atoms with Crippen molar-refractivity contribution in [1.29, 1.82) is 0 Å². The summed E-state index contributed by atoms with van der Waals surface area (Å²) in [5.74, 6) is 0.340. The zero-order chi connectivity index (χ0) is 30.2. The molecule has 4 amide bonds. The lowest BCUT2D eigenvalue weighted by atomic mass is 9.99. The molecular formula is C32H39N7O4. The van der Waals surface area contributed by atoms with Gasteiger partial charge in [-0.2, -0.15) is 5.10 Å². The predicted octanol–water partition coefficient (Wildman–Crippen LogP) is 2.42. The van der Waals surface area contributed by atoms with Gasteiger partial charge >= 0.3 is 0 Å². The second kappa shape index (κ2) is 14.1. The standard InChI is InChI=1S/C32H39N7O4/c1-23-34-30-26(21-24-11-4-2-5-12-24)35-32(43)27-15-8-9-18-38(27)28(40)16-10-17-37(19-20-39(30)36-23)29(41)22-33-31(42)25-13-6-3-7-14-25/h2-7,11-14,26-27H,8-10,15-22H2,1H3,(H,33,42)(H,35,43)/t26-,27+/m1/s1. The van der Waals surface area contributed by atoms with Crippen LogP contribution in [-0.4, -0.2) is 80.4 Å². The molecule has 0 unspecified atom stereocenters. The maximum atomic E-state index is 13.7. The average Bonchev–Trinajstić information content (AvgIpc) is 3.41. The number of nitrogens with one attached hydrogen (secondary N) is 2. The molecule has 0 bridgehead atoms. The van der Waals surface area contributed by atoms with Gasteiger partial charge in [-0.15, -0.1) is 0 Å². The van der Waals surface area contributed by atoms with Crippen LogP contribution in [0.2, 0.25) is 0 Å². The van der Waals surface area contributed by atoms with E-state index in [1.807, 2.05) is 36.4 Å². The average molecular weight is 586 g/mol. The first-order valence-electron chi connectivity index (χ1n) is 15.0. The van der Waals surface area contributed by atoms with E-state index in [9.17, 15) is 19.2 Å².